The molecule has 0 aliphatic carbocycles. The minimum absolute atomic E-state index is 0.0430. The lowest BCUT2D eigenvalue weighted by Gasteiger charge is -2.21. The fourth-order valence-electron chi connectivity index (χ4n) is 6.20. The molecule has 1 heterocycles. The summed E-state index contributed by atoms with van der Waals surface area (Å²) in [6.07, 6.45) is 4.09. The highest BCUT2D eigenvalue weighted by Gasteiger charge is 2.22. The Morgan fingerprint density at radius 3 is 2.07 bits per heavy atom. The Bertz CT molecular complexity index is 1590. The lowest BCUT2D eigenvalue weighted by Crippen LogP contribution is -2.48. The smallest absolute Gasteiger partial charge is 0.326 e. The molecule has 0 spiro atoms. The number of halogens is 1. The highest BCUT2D eigenvalue weighted by atomic mass is 32.1. The zero-order valence-electron chi connectivity index (χ0n) is 33.5. The first kappa shape index (κ1) is 48.4. The zero-order valence-corrected chi connectivity index (χ0v) is 34.3. The Kier molecular flexibility index (Phi) is 23.4. The number of urea groups is 1. The number of nitrogens with one attached hydrogen (secondary N) is 10. The third-order valence-electron chi connectivity index (χ3n) is 9.37. The fraction of sp³-hybridized carbons (Fsp3) is 0.550. The van der Waals surface area contributed by atoms with Gasteiger partial charge in [-0.25, -0.2) is 14.0 Å². The van der Waals surface area contributed by atoms with Gasteiger partial charge in [0.1, 0.15) is 24.4 Å². The molecule has 1 fully saturated rings. The summed E-state index contributed by atoms with van der Waals surface area (Å²) < 4.78 is 13.5. The van der Waals surface area contributed by atoms with E-state index in [-0.39, 0.29) is 31.7 Å². The highest BCUT2D eigenvalue weighted by molar-refractivity contribution is 7.80. The highest BCUT2D eigenvalue weighted by Crippen LogP contribution is 2.12. The number of thiocarbonyl (C=S) groups is 1. The number of hydrogen-bond donors (Lipinski definition) is 12. The normalized spacial score (nSPS) is 15.8. The number of carbonyl (C=O) groups is 5. The van der Waals surface area contributed by atoms with Crippen LogP contribution in [0.3, 0.4) is 0 Å². The molecule has 1 aliphatic heterocycles. The van der Waals surface area contributed by atoms with E-state index in [1.54, 1.807) is 12.1 Å². The van der Waals surface area contributed by atoms with Crippen molar-refractivity contribution in [1.82, 2.24) is 47.9 Å². The molecule has 1 unspecified atom stereocenters. The van der Waals surface area contributed by atoms with Gasteiger partial charge in [-0.15, -0.1) is 0 Å². The number of aliphatic carboxylic acids is 2. The monoisotopic (exact) mass is 844 g/mol. The molecule has 1 aliphatic rings. The van der Waals surface area contributed by atoms with Gasteiger partial charge >= 0.3 is 18.0 Å². The van der Waals surface area contributed by atoms with Crippen molar-refractivity contribution < 1.29 is 38.6 Å². The van der Waals surface area contributed by atoms with Crippen LogP contribution >= 0.6 is 12.2 Å². The van der Waals surface area contributed by atoms with Gasteiger partial charge in [0.2, 0.25) is 11.8 Å². The average molecular weight is 845 g/mol. The van der Waals surface area contributed by atoms with Gasteiger partial charge in [-0.1, -0.05) is 30.7 Å². The molecule has 3 rings (SSSR count). The van der Waals surface area contributed by atoms with Crippen LogP contribution in [0, 0.1) is 5.82 Å². The van der Waals surface area contributed by atoms with Gasteiger partial charge in [0.15, 0.2) is 5.11 Å². The maximum absolute atomic E-state index is 13.5. The molecule has 2 aromatic rings. The maximum atomic E-state index is 13.5. The van der Waals surface area contributed by atoms with Gasteiger partial charge in [-0.05, 0) is 86.1 Å². The maximum Gasteiger partial charge on any atom is 0.326 e. The van der Waals surface area contributed by atoms with E-state index in [0.717, 1.165) is 70.8 Å². The summed E-state index contributed by atoms with van der Waals surface area (Å²) >= 11 is 5.49. The molecule has 326 valence electrons. The topological polar surface area (TPSA) is 246 Å². The quantitative estimate of drug-likeness (QED) is 0.0580. The lowest BCUT2D eigenvalue weighted by molar-refractivity contribution is -0.139. The first-order valence-corrected chi connectivity index (χ1v) is 20.7. The zero-order chi connectivity index (χ0) is 42.7. The van der Waals surface area contributed by atoms with Crippen LogP contribution in [0.15, 0.2) is 48.5 Å². The Morgan fingerprint density at radius 1 is 0.729 bits per heavy atom. The average Bonchev–Trinajstić information content (AvgIpc) is 3.20. The Hall–Kier alpha value is -4.95. The van der Waals surface area contributed by atoms with E-state index in [9.17, 15) is 33.5 Å². The molecule has 17 nitrogen and oxygen atoms in total. The van der Waals surface area contributed by atoms with Crippen molar-refractivity contribution in [2.45, 2.75) is 75.9 Å². The van der Waals surface area contributed by atoms with E-state index in [0.29, 0.717) is 42.5 Å². The summed E-state index contributed by atoms with van der Waals surface area (Å²) in [7, 11) is 0. The number of rotatable bonds is 22. The molecule has 0 bridgehead atoms. The molecule has 2 aromatic carbocycles. The number of carboxylic acids is 2. The second-order valence-corrected chi connectivity index (χ2v) is 14.7. The van der Waals surface area contributed by atoms with Crippen molar-refractivity contribution in [3.63, 3.8) is 0 Å². The Labute approximate surface area is 350 Å². The summed E-state index contributed by atoms with van der Waals surface area (Å²) in [4.78, 5) is 60.0. The Balaban J connectivity index is 1.35. The number of carbonyl (C=O) groups excluding carboxylic acids is 3. The van der Waals surface area contributed by atoms with Gasteiger partial charge in [0.05, 0.1) is 0 Å². The molecule has 0 radical (unpaired) electrons. The third-order valence-corrected chi connectivity index (χ3v) is 9.62. The number of amides is 4. The third kappa shape index (κ3) is 22.1. The van der Waals surface area contributed by atoms with Gasteiger partial charge in [0.25, 0.3) is 0 Å². The Morgan fingerprint density at radius 2 is 1.37 bits per heavy atom. The number of anilines is 1. The van der Waals surface area contributed by atoms with Gasteiger partial charge in [0, 0.05) is 83.5 Å². The summed E-state index contributed by atoms with van der Waals surface area (Å²) in [5.41, 5.74) is 2.78. The van der Waals surface area contributed by atoms with E-state index in [1.165, 1.54) is 17.7 Å². The summed E-state index contributed by atoms with van der Waals surface area (Å²) in [6.45, 7) is 6.68. The summed E-state index contributed by atoms with van der Waals surface area (Å²) in [5.74, 6) is -3.72. The first-order valence-electron chi connectivity index (χ1n) is 20.3. The van der Waals surface area contributed by atoms with Crippen LogP contribution in [0.5, 0.6) is 0 Å². The molecular formula is C40H61FN10O7S. The molecule has 59 heavy (non-hydrogen) atoms. The molecular weight excluding hydrogens is 784 g/mol. The first-order chi connectivity index (χ1) is 28.5. The number of hydrogen-bond acceptors (Lipinski definition) is 10. The predicted octanol–water partition coefficient (Wildman–Crippen LogP) is 0.807. The van der Waals surface area contributed by atoms with Crippen LogP contribution in [0.4, 0.5) is 14.9 Å². The predicted molar refractivity (Wildman–Crippen MR) is 228 cm³/mol. The van der Waals surface area contributed by atoms with E-state index >= 15 is 0 Å². The van der Waals surface area contributed by atoms with Gasteiger partial charge < -0.3 is 63.4 Å². The number of benzene rings is 2. The van der Waals surface area contributed by atoms with Gasteiger partial charge in [-0.2, -0.15) is 0 Å². The fourth-order valence-corrected chi connectivity index (χ4v) is 6.42. The number of carboxylic acid groups (broad SMARTS) is 2. The standard InChI is InChI=1S/C40H61FN10O7S/c41-30-12-8-29(9-13-30)25-34(37(55)46-16-5-3-6-33(38(56)57)51-39(58)48-27-36(53)54)50-35(52)7-2-1-4-17-47-40(59)49-31-14-10-28(11-15-31)24-32-26-44-21-20-42-18-19-43-22-23-45-32/h8-15,32-34,42-45H,1-7,16-27H2,(H,46,55)(H,50,52)(H,53,54)(H,56,57)(H2,47,49,59)(H2,48,51,58)/t32?,33-,34-/m0/s1. The van der Waals surface area contributed by atoms with Crippen molar-refractivity contribution >= 4 is 52.8 Å². The summed E-state index contributed by atoms with van der Waals surface area (Å²) in [6, 6.07) is 11.1. The molecule has 19 heteroatoms. The lowest BCUT2D eigenvalue weighted by atomic mass is 10.0. The van der Waals surface area contributed by atoms with E-state index in [1.807, 2.05) is 17.4 Å². The van der Waals surface area contributed by atoms with Crippen LogP contribution in [0.25, 0.3) is 0 Å². The number of unbranched alkanes of at least 4 members (excludes halogenated alkanes) is 3. The van der Waals surface area contributed by atoms with Gasteiger partial charge in [-0.3, -0.25) is 14.4 Å². The van der Waals surface area contributed by atoms with Crippen molar-refractivity contribution in [1.29, 1.82) is 0 Å². The molecule has 1 saturated heterocycles. The minimum Gasteiger partial charge on any atom is -0.480 e. The van der Waals surface area contributed by atoms with Crippen molar-refractivity contribution in [2.75, 3.05) is 70.8 Å². The summed E-state index contributed by atoms with van der Waals surface area (Å²) in [5, 5.41) is 48.9. The second kappa shape index (κ2) is 28.5. The van der Waals surface area contributed by atoms with E-state index in [4.69, 9.17) is 17.3 Å². The SMILES string of the molecule is O=C(O)CNC(=O)N[C@@H](CCCCNC(=O)[C@H](Cc1ccc(F)cc1)NC(=O)CCCCCNC(=S)Nc1ccc(CC2CNCCNCCNCCN2)cc1)C(=O)O. The molecule has 4 amide bonds. The van der Waals surface area contributed by atoms with Crippen molar-refractivity contribution in [2.24, 2.45) is 0 Å². The molecule has 12 N–H and O–H groups in total. The van der Waals surface area contributed by atoms with Crippen LogP contribution in [-0.2, 0) is 32.0 Å². The minimum atomic E-state index is -1.28. The van der Waals surface area contributed by atoms with Crippen LogP contribution < -0.4 is 53.2 Å². The molecule has 3 atom stereocenters. The largest absolute Gasteiger partial charge is 0.480 e. The van der Waals surface area contributed by atoms with Crippen LogP contribution in [0.2, 0.25) is 0 Å². The van der Waals surface area contributed by atoms with Crippen LogP contribution in [-0.4, -0.2) is 129 Å². The van der Waals surface area contributed by atoms with E-state index in [2.05, 4.69) is 60.0 Å². The second-order valence-electron chi connectivity index (χ2n) is 14.3. The van der Waals surface area contributed by atoms with Crippen molar-refractivity contribution in [3.8, 4) is 0 Å². The van der Waals surface area contributed by atoms with Crippen molar-refractivity contribution in [3.05, 3.63) is 65.5 Å². The van der Waals surface area contributed by atoms with Crippen LogP contribution in [0.1, 0.15) is 56.1 Å². The molecule has 0 aromatic heterocycles. The molecule has 0 saturated carbocycles. The van der Waals surface area contributed by atoms with E-state index < -0.39 is 48.3 Å².